The van der Waals surface area contributed by atoms with Gasteiger partial charge >= 0.3 is 0 Å². The lowest BCUT2D eigenvalue weighted by Gasteiger charge is -2.19. The third-order valence-electron chi connectivity index (χ3n) is 5.54. The summed E-state index contributed by atoms with van der Waals surface area (Å²) in [5.74, 6) is 2.08. The molecule has 1 atom stereocenters. The second-order valence-corrected chi connectivity index (χ2v) is 7.72. The van der Waals surface area contributed by atoms with Gasteiger partial charge in [0.05, 0.1) is 18.5 Å². The Kier molecular flexibility index (Phi) is 4.60. The van der Waals surface area contributed by atoms with Crippen molar-refractivity contribution in [3.8, 4) is 17.6 Å². The number of rotatable bonds is 6. The molecule has 0 bridgehead atoms. The predicted octanol–water partition coefficient (Wildman–Crippen LogP) is 3.32. The lowest BCUT2D eigenvalue weighted by Crippen LogP contribution is -2.22. The molecule has 5 rings (SSSR count). The van der Waals surface area contributed by atoms with Gasteiger partial charge in [-0.05, 0) is 43.5 Å². The van der Waals surface area contributed by atoms with E-state index in [0.717, 1.165) is 43.9 Å². The second kappa shape index (κ2) is 7.55. The highest BCUT2D eigenvalue weighted by Crippen LogP contribution is 2.38. The lowest BCUT2D eigenvalue weighted by atomic mass is 10.1. The molecular weight excluding hydrogens is 364 g/mol. The minimum absolute atomic E-state index is 0.397. The van der Waals surface area contributed by atoms with Crippen molar-refractivity contribution in [2.45, 2.75) is 25.2 Å². The maximum Gasteiger partial charge on any atom is 0.235 e. The molecule has 1 aromatic carbocycles. The fourth-order valence-electron chi connectivity index (χ4n) is 3.76. The summed E-state index contributed by atoms with van der Waals surface area (Å²) < 4.78 is 7.85. The number of ether oxygens (including phenoxy) is 1. The number of nitrogens with zero attached hydrogens (tertiary/aromatic N) is 6. The standard InChI is InChI=1S/C22H22N6O/c23-12-18-13-24-21(17-5-6-17)26-22(18)29-15-16-7-10-27(14-16)19-3-1-4-20(11-19)28-9-2-8-25-28/h1-4,8-9,11,13,16-17H,5-7,10,14-15H2/t16-/m0/s1. The molecule has 29 heavy (non-hydrogen) atoms. The van der Waals surface area contributed by atoms with E-state index in [9.17, 15) is 5.26 Å². The molecule has 0 spiro atoms. The van der Waals surface area contributed by atoms with Crippen molar-refractivity contribution in [1.29, 1.82) is 5.26 Å². The molecule has 2 fully saturated rings. The van der Waals surface area contributed by atoms with Crippen LogP contribution in [0, 0.1) is 17.2 Å². The number of hydrogen-bond acceptors (Lipinski definition) is 6. The van der Waals surface area contributed by atoms with E-state index in [-0.39, 0.29) is 0 Å². The summed E-state index contributed by atoms with van der Waals surface area (Å²) in [5.41, 5.74) is 2.66. The van der Waals surface area contributed by atoms with Crippen LogP contribution >= 0.6 is 0 Å². The van der Waals surface area contributed by atoms with E-state index in [0.29, 0.717) is 29.9 Å². The van der Waals surface area contributed by atoms with Crippen molar-refractivity contribution < 1.29 is 4.74 Å². The Hall–Kier alpha value is -3.40. The number of benzene rings is 1. The van der Waals surface area contributed by atoms with Crippen molar-refractivity contribution in [2.24, 2.45) is 5.92 Å². The average Bonchev–Trinajstić information content (AvgIpc) is 3.26. The van der Waals surface area contributed by atoms with Gasteiger partial charge in [-0.2, -0.15) is 15.3 Å². The molecule has 0 radical (unpaired) electrons. The van der Waals surface area contributed by atoms with Crippen LogP contribution in [0.4, 0.5) is 5.69 Å². The quantitative estimate of drug-likeness (QED) is 0.647. The van der Waals surface area contributed by atoms with E-state index in [4.69, 9.17) is 4.74 Å². The van der Waals surface area contributed by atoms with E-state index in [2.05, 4.69) is 50.3 Å². The average molecular weight is 386 g/mol. The minimum atomic E-state index is 0.397. The zero-order valence-corrected chi connectivity index (χ0v) is 16.1. The van der Waals surface area contributed by atoms with Gasteiger partial charge in [0.1, 0.15) is 17.5 Å². The predicted molar refractivity (Wildman–Crippen MR) is 108 cm³/mol. The summed E-state index contributed by atoms with van der Waals surface area (Å²) in [6.07, 6.45) is 8.63. The van der Waals surface area contributed by atoms with E-state index in [1.165, 1.54) is 5.69 Å². The monoisotopic (exact) mass is 386 g/mol. The highest BCUT2D eigenvalue weighted by molar-refractivity contribution is 5.53. The Labute approximate surface area is 169 Å². The third-order valence-corrected chi connectivity index (χ3v) is 5.54. The molecule has 1 saturated carbocycles. The number of anilines is 1. The summed E-state index contributed by atoms with van der Waals surface area (Å²) in [4.78, 5) is 11.2. The van der Waals surface area contributed by atoms with Crippen molar-refractivity contribution in [2.75, 3.05) is 24.6 Å². The number of aromatic nitrogens is 4. The van der Waals surface area contributed by atoms with Crippen LogP contribution in [0.1, 0.15) is 36.6 Å². The molecule has 0 amide bonds. The van der Waals surface area contributed by atoms with Crippen LogP contribution in [-0.4, -0.2) is 39.4 Å². The molecule has 146 valence electrons. The van der Waals surface area contributed by atoms with Crippen LogP contribution in [-0.2, 0) is 0 Å². The molecular formula is C22H22N6O. The van der Waals surface area contributed by atoms with Crippen LogP contribution in [0.2, 0.25) is 0 Å². The SMILES string of the molecule is N#Cc1cnc(C2CC2)nc1OC[C@H]1CCN(c2cccc(-n3cccn3)c2)C1. The maximum absolute atomic E-state index is 9.33. The van der Waals surface area contributed by atoms with Gasteiger partial charge in [0.25, 0.3) is 0 Å². The molecule has 3 aromatic rings. The first-order chi connectivity index (χ1) is 14.3. The Bertz CT molecular complexity index is 1040. The van der Waals surface area contributed by atoms with Gasteiger partial charge in [-0.3, -0.25) is 0 Å². The van der Waals surface area contributed by atoms with Gasteiger partial charge in [-0.1, -0.05) is 6.07 Å². The van der Waals surface area contributed by atoms with Crippen LogP contribution in [0.15, 0.2) is 48.9 Å². The summed E-state index contributed by atoms with van der Waals surface area (Å²) >= 11 is 0. The van der Waals surface area contributed by atoms with E-state index in [1.807, 2.05) is 16.9 Å². The lowest BCUT2D eigenvalue weighted by molar-refractivity contribution is 0.250. The minimum Gasteiger partial charge on any atom is -0.476 e. The number of hydrogen-bond donors (Lipinski definition) is 0. The fourth-order valence-corrected chi connectivity index (χ4v) is 3.76. The smallest absolute Gasteiger partial charge is 0.235 e. The first kappa shape index (κ1) is 17.7. The summed E-state index contributed by atoms with van der Waals surface area (Å²) in [7, 11) is 0. The van der Waals surface area contributed by atoms with E-state index >= 15 is 0 Å². The topological polar surface area (TPSA) is 79.9 Å². The van der Waals surface area contributed by atoms with Gasteiger partial charge in [-0.25, -0.2) is 9.67 Å². The molecule has 0 unspecified atom stereocenters. The van der Waals surface area contributed by atoms with Gasteiger partial charge in [0.2, 0.25) is 5.88 Å². The molecule has 1 aliphatic heterocycles. The molecule has 0 N–H and O–H groups in total. The Morgan fingerprint density at radius 1 is 1.17 bits per heavy atom. The molecule has 3 heterocycles. The highest BCUT2D eigenvalue weighted by atomic mass is 16.5. The molecule has 1 aliphatic carbocycles. The van der Waals surface area contributed by atoms with Crippen LogP contribution < -0.4 is 9.64 Å². The van der Waals surface area contributed by atoms with Crippen LogP contribution in [0.25, 0.3) is 5.69 Å². The van der Waals surface area contributed by atoms with Crippen molar-refractivity contribution in [3.05, 3.63) is 60.3 Å². The first-order valence-electron chi connectivity index (χ1n) is 10.0. The molecule has 2 aromatic heterocycles. The van der Waals surface area contributed by atoms with Crippen molar-refractivity contribution >= 4 is 5.69 Å². The zero-order chi connectivity index (χ0) is 19.6. The van der Waals surface area contributed by atoms with Gasteiger partial charge < -0.3 is 9.64 Å². The van der Waals surface area contributed by atoms with Gasteiger partial charge in [0.15, 0.2) is 0 Å². The molecule has 7 heteroatoms. The summed E-state index contributed by atoms with van der Waals surface area (Å²) in [6.45, 7) is 2.47. The van der Waals surface area contributed by atoms with E-state index < -0.39 is 0 Å². The van der Waals surface area contributed by atoms with Crippen LogP contribution in [0.3, 0.4) is 0 Å². The zero-order valence-electron chi connectivity index (χ0n) is 16.1. The first-order valence-corrected chi connectivity index (χ1v) is 10.0. The normalized spacial score (nSPS) is 18.6. The molecule has 1 saturated heterocycles. The van der Waals surface area contributed by atoms with E-state index in [1.54, 1.807) is 12.4 Å². The Morgan fingerprint density at radius 2 is 2.07 bits per heavy atom. The molecule has 7 nitrogen and oxygen atoms in total. The summed E-state index contributed by atoms with van der Waals surface area (Å²) in [5, 5.41) is 13.6. The van der Waals surface area contributed by atoms with Gasteiger partial charge in [0, 0.05) is 43.0 Å². The second-order valence-electron chi connectivity index (χ2n) is 7.72. The highest BCUT2D eigenvalue weighted by Gasteiger charge is 2.28. The maximum atomic E-state index is 9.33. The Balaban J connectivity index is 1.24. The van der Waals surface area contributed by atoms with Gasteiger partial charge in [-0.15, -0.1) is 0 Å². The van der Waals surface area contributed by atoms with Crippen LogP contribution in [0.5, 0.6) is 5.88 Å². The summed E-state index contributed by atoms with van der Waals surface area (Å²) in [6, 6.07) is 12.5. The number of nitriles is 1. The van der Waals surface area contributed by atoms with Crippen molar-refractivity contribution in [3.63, 3.8) is 0 Å². The fraction of sp³-hybridized carbons (Fsp3) is 0.364. The Morgan fingerprint density at radius 3 is 2.86 bits per heavy atom. The third kappa shape index (κ3) is 3.79. The molecule has 2 aliphatic rings. The van der Waals surface area contributed by atoms with Crippen molar-refractivity contribution in [1.82, 2.24) is 19.7 Å². The largest absolute Gasteiger partial charge is 0.476 e.